The van der Waals surface area contributed by atoms with Gasteiger partial charge in [-0.15, -0.1) is 0 Å². The maximum Gasteiger partial charge on any atom is 0.291 e. The number of hydrogen-bond donors (Lipinski definition) is 3. The van der Waals surface area contributed by atoms with Gasteiger partial charge in [-0.05, 0) is 44.2 Å². The molecule has 3 heterocycles. The van der Waals surface area contributed by atoms with Crippen molar-refractivity contribution in [2.45, 2.75) is 13.8 Å². The molecule has 162 valence electrons. The van der Waals surface area contributed by atoms with Crippen LogP contribution in [-0.2, 0) is 0 Å². The van der Waals surface area contributed by atoms with Crippen molar-refractivity contribution in [2.24, 2.45) is 0 Å². The Morgan fingerprint density at radius 1 is 1.09 bits per heavy atom. The van der Waals surface area contributed by atoms with Crippen LogP contribution in [0, 0.1) is 6.92 Å². The monoisotopic (exact) mass is 430 g/mol. The van der Waals surface area contributed by atoms with E-state index in [0.717, 1.165) is 5.56 Å². The summed E-state index contributed by atoms with van der Waals surface area (Å²) < 4.78 is 11.2. The number of aromatic amines is 1. The lowest BCUT2D eigenvalue weighted by Gasteiger charge is -2.09. The molecule has 0 bridgehead atoms. The van der Waals surface area contributed by atoms with Crippen LogP contribution in [0.5, 0.6) is 11.5 Å². The van der Waals surface area contributed by atoms with E-state index in [1.54, 1.807) is 60.9 Å². The summed E-state index contributed by atoms with van der Waals surface area (Å²) in [4.78, 5) is 31.8. The molecule has 0 aliphatic carbocycles. The minimum absolute atomic E-state index is 0.147. The number of nitrogens with zero attached hydrogens (tertiary/aromatic N) is 1. The van der Waals surface area contributed by atoms with Gasteiger partial charge in [-0.3, -0.25) is 14.6 Å². The van der Waals surface area contributed by atoms with Gasteiger partial charge in [0.2, 0.25) is 0 Å². The molecule has 0 aliphatic heterocycles. The number of hydrogen-bond acceptors (Lipinski definition) is 5. The number of anilines is 1. The first-order chi connectivity index (χ1) is 15.5. The van der Waals surface area contributed by atoms with Crippen LogP contribution in [0.2, 0.25) is 0 Å². The number of pyridine rings is 1. The summed E-state index contributed by atoms with van der Waals surface area (Å²) in [6, 6.07) is 14.0. The van der Waals surface area contributed by atoms with Gasteiger partial charge in [-0.25, -0.2) is 0 Å². The number of H-pyrrole nitrogens is 1. The van der Waals surface area contributed by atoms with Gasteiger partial charge in [-0.1, -0.05) is 6.07 Å². The molecule has 0 atom stereocenters. The predicted molar refractivity (Wildman–Crippen MR) is 120 cm³/mol. The topological polar surface area (TPSA) is 109 Å². The smallest absolute Gasteiger partial charge is 0.291 e. The zero-order valence-electron chi connectivity index (χ0n) is 17.6. The fourth-order valence-corrected chi connectivity index (χ4v) is 3.12. The Balaban J connectivity index is 1.48. The fraction of sp³-hybridized carbons (Fsp3) is 0.125. The second-order valence-corrected chi connectivity index (χ2v) is 7.06. The first-order valence-electron chi connectivity index (χ1n) is 10.1. The summed E-state index contributed by atoms with van der Waals surface area (Å²) in [6.07, 6.45) is 4.75. The van der Waals surface area contributed by atoms with Crippen LogP contribution in [0.3, 0.4) is 0 Å². The van der Waals surface area contributed by atoms with Crippen molar-refractivity contribution in [3.63, 3.8) is 0 Å². The highest BCUT2D eigenvalue weighted by molar-refractivity contribution is 6.03. The van der Waals surface area contributed by atoms with Gasteiger partial charge in [0.15, 0.2) is 5.76 Å². The molecule has 0 saturated carbocycles. The van der Waals surface area contributed by atoms with Gasteiger partial charge in [0.1, 0.15) is 11.5 Å². The number of nitrogens with one attached hydrogen (secondary N) is 3. The molecule has 3 aromatic heterocycles. The van der Waals surface area contributed by atoms with Crippen molar-refractivity contribution in [2.75, 3.05) is 11.9 Å². The molecule has 32 heavy (non-hydrogen) atoms. The highest BCUT2D eigenvalue weighted by Gasteiger charge is 2.13. The maximum atomic E-state index is 12.4. The molecular formula is C24H22N4O4. The summed E-state index contributed by atoms with van der Waals surface area (Å²) in [7, 11) is 0. The van der Waals surface area contributed by atoms with Crippen LogP contribution in [0.15, 0.2) is 71.6 Å². The molecule has 8 nitrogen and oxygen atoms in total. The summed E-state index contributed by atoms with van der Waals surface area (Å²) in [6.45, 7) is 4.23. The lowest BCUT2D eigenvalue weighted by Crippen LogP contribution is -2.21. The third-order valence-electron chi connectivity index (χ3n) is 4.69. The van der Waals surface area contributed by atoms with Crippen LogP contribution < -0.4 is 15.4 Å². The van der Waals surface area contributed by atoms with E-state index >= 15 is 0 Å². The number of aryl methyl sites for hydroxylation is 1. The molecule has 0 saturated heterocycles. The molecule has 4 aromatic rings. The normalized spacial score (nSPS) is 10.6. The van der Waals surface area contributed by atoms with Gasteiger partial charge in [0.05, 0.1) is 23.2 Å². The minimum atomic E-state index is -0.328. The van der Waals surface area contributed by atoms with Crippen LogP contribution >= 0.6 is 0 Å². The van der Waals surface area contributed by atoms with E-state index < -0.39 is 0 Å². The SMILES string of the molecule is CCNC(=O)c1c[nH]c(-c2cc(Oc3cccc(NC(=O)c4occc4C)c3)ccn2)c1. The lowest BCUT2D eigenvalue weighted by molar-refractivity contribution is 0.0954. The number of furan rings is 1. The van der Waals surface area contributed by atoms with Gasteiger partial charge in [-0.2, -0.15) is 0 Å². The van der Waals surface area contributed by atoms with E-state index in [-0.39, 0.29) is 17.6 Å². The molecule has 0 radical (unpaired) electrons. The Morgan fingerprint density at radius 2 is 1.94 bits per heavy atom. The fourth-order valence-electron chi connectivity index (χ4n) is 3.12. The van der Waals surface area contributed by atoms with Gasteiger partial charge < -0.3 is 24.8 Å². The molecule has 0 spiro atoms. The highest BCUT2D eigenvalue weighted by atomic mass is 16.5. The maximum absolute atomic E-state index is 12.4. The summed E-state index contributed by atoms with van der Waals surface area (Å²) in [5.41, 5.74) is 3.21. The van der Waals surface area contributed by atoms with E-state index in [0.29, 0.717) is 40.7 Å². The Bertz CT molecular complexity index is 1260. The first kappa shape index (κ1) is 20.9. The Hall–Kier alpha value is -4.33. The summed E-state index contributed by atoms with van der Waals surface area (Å²) >= 11 is 0. The second-order valence-electron chi connectivity index (χ2n) is 7.06. The number of rotatable bonds is 7. The van der Waals surface area contributed by atoms with Crippen molar-refractivity contribution in [1.82, 2.24) is 15.3 Å². The number of carbonyl (C=O) groups excluding carboxylic acids is 2. The van der Waals surface area contributed by atoms with Crippen LogP contribution in [-0.4, -0.2) is 28.3 Å². The second kappa shape index (κ2) is 9.22. The van der Waals surface area contributed by atoms with Crippen LogP contribution in [0.4, 0.5) is 5.69 Å². The minimum Gasteiger partial charge on any atom is -0.459 e. The average molecular weight is 430 g/mol. The number of amides is 2. The summed E-state index contributed by atoms with van der Waals surface area (Å²) in [5, 5.41) is 5.57. The van der Waals surface area contributed by atoms with Crippen LogP contribution in [0.1, 0.15) is 33.4 Å². The quantitative estimate of drug-likeness (QED) is 0.391. The number of benzene rings is 1. The largest absolute Gasteiger partial charge is 0.459 e. The van der Waals surface area contributed by atoms with Crippen molar-refractivity contribution in [1.29, 1.82) is 0 Å². The standard InChI is InChI=1S/C24H22N4O4/c1-3-25-23(29)16-11-20(27-14-16)21-13-19(7-9-26-21)32-18-6-4-5-17(12-18)28-24(30)22-15(2)8-10-31-22/h4-14,27H,3H2,1-2H3,(H,25,29)(H,28,30). The molecule has 8 heteroatoms. The molecule has 0 unspecified atom stereocenters. The van der Waals surface area contributed by atoms with Gasteiger partial charge in [0.25, 0.3) is 11.8 Å². The number of carbonyl (C=O) groups is 2. The molecule has 0 aliphatic rings. The molecule has 0 fully saturated rings. The van der Waals surface area contributed by atoms with Crippen molar-refractivity contribution >= 4 is 17.5 Å². The summed E-state index contributed by atoms with van der Waals surface area (Å²) in [5.74, 6) is 0.907. The van der Waals surface area contributed by atoms with E-state index in [4.69, 9.17) is 9.15 Å². The zero-order valence-corrected chi connectivity index (χ0v) is 17.6. The van der Waals surface area contributed by atoms with E-state index in [1.807, 2.05) is 13.8 Å². The number of aromatic nitrogens is 2. The molecular weight excluding hydrogens is 408 g/mol. The predicted octanol–water partition coefficient (Wildman–Crippen LogP) is 4.77. The third-order valence-corrected chi connectivity index (χ3v) is 4.69. The van der Waals surface area contributed by atoms with E-state index in [1.165, 1.54) is 6.26 Å². The zero-order chi connectivity index (χ0) is 22.5. The lowest BCUT2D eigenvalue weighted by atomic mass is 10.2. The van der Waals surface area contributed by atoms with Crippen molar-refractivity contribution < 1.29 is 18.7 Å². The van der Waals surface area contributed by atoms with Crippen molar-refractivity contribution in [3.8, 4) is 22.9 Å². The van der Waals surface area contributed by atoms with Gasteiger partial charge >= 0.3 is 0 Å². The molecule has 4 rings (SSSR count). The van der Waals surface area contributed by atoms with Gasteiger partial charge in [0, 0.05) is 42.3 Å². The number of ether oxygens (including phenoxy) is 1. The third kappa shape index (κ3) is 4.70. The average Bonchev–Trinajstić information content (AvgIpc) is 3.44. The molecule has 2 amide bonds. The van der Waals surface area contributed by atoms with Crippen molar-refractivity contribution in [3.05, 3.63) is 84.1 Å². The first-order valence-corrected chi connectivity index (χ1v) is 10.1. The van der Waals surface area contributed by atoms with Crippen LogP contribution in [0.25, 0.3) is 11.4 Å². The Labute approximate surface area is 184 Å². The Morgan fingerprint density at radius 3 is 2.72 bits per heavy atom. The highest BCUT2D eigenvalue weighted by Crippen LogP contribution is 2.27. The van der Waals surface area contributed by atoms with E-state index in [9.17, 15) is 9.59 Å². The molecule has 1 aromatic carbocycles. The Kier molecular flexibility index (Phi) is 6.03. The van der Waals surface area contributed by atoms with E-state index in [2.05, 4.69) is 20.6 Å². The molecule has 3 N–H and O–H groups in total.